The monoisotopic (exact) mass is 352 g/mol. The van der Waals surface area contributed by atoms with Crippen LogP contribution in [0.3, 0.4) is 0 Å². The summed E-state index contributed by atoms with van der Waals surface area (Å²) < 4.78 is 19.1. The molecule has 1 aliphatic rings. The van der Waals surface area contributed by atoms with E-state index >= 15 is 0 Å². The van der Waals surface area contributed by atoms with E-state index < -0.39 is 44.9 Å². The molecule has 11 nitrogen and oxygen atoms in total. The van der Waals surface area contributed by atoms with Crippen LogP contribution in [-0.2, 0) is 13.8 Å². The van der Waals surface area contributed by atoms with E-state index in [1.54, 1.807) is 18.3 Å². The van der Waals surface area contributed by atoms with Gasteiger partial charge in [-0.1, -0.05) is 0 Å². The summed E-state index contributed by atoms with van der Waals surface area (Å²) in [6.45, 7) is -0.584. The van der Waals surface area contributed by atoms with Crippen LogP contribution in [0.2, 0.25) is 0 Å². The van der Waals surface area contributed by atoms with Crippen LogP contribution in [0.4, 0.5) is 0 Å². The SMILES string of the molecule is NC(=O)c1cccnc1.O=P(O)(O)OC1O[C@H](CO)[C@@H](O)[C@H]1O. The van der Waals surface area contributed by atoms with E-state index in [2.05, 4.69) is 14.2 Å². The van der Waals surface area contributed by atoms with Crippen molar-refractivity contribution in [2.24, 2.45) is 5.73 Å². The number of aromatic nitrogens is 1. The Bertz CT molecular complexity index is 552. The van der Waals surface area contributed by atoms with Gasteiger partial charge in [0.25, 0.3) is 0 Å². The zero-order valence-electron chi connectivity index (χ0n) is 11.7. The first-order chi connectivity index (χ1) is 10.7. The number of carbonyl (C=O) groups excluding carboxylic acids is 1. The molecule has 1 saturated heterocycles. The molecule has 1 unspecified atom stereocenters. The van der Waals surface area contributed by atoms with Gasteiger partial charge in [-0.15, -0.1) is 0 Å². The normalized spacial score (nSPS) is 27.2. The number of nitrogens with zero attached hydrogens (tertiary/aromatic N) is 1. The molecule has 1 amide bonds. The highest BCUT2D eigenvalue weighted by atomic mass is 31.2. The van der Waals surface area contributed by atoms with E-state index in [1.807, 2.05) is 0 Å². The Hall–Kier alpha value is -1.43. The van der Waals surface area contributed by atoms with Crippen molar-refractivity contribution >= 4 is 13.7 Å². The zero-order chi connectivity index (χ0) is 17.6. The maximum absolute atomic E-state index is 10.4. The summed E-state index contributed by atoms with van der Waals surface area (Å²) in [7, 11) is -4.79. The first kappa shape index (κ1) is 19.6. The van der Waals surface area contributed by atoms with Crippen LogP contribution in [0.5, 0.6) is 0 Å². The van der Waals surface area contributed by atoms with Gasteiger partial charge in [-0.05, 0) is 12.1 Å². The smallest absolute Gasteiger partial charge is 0.394 e. The number of rotatable bonds is 4. The average Bonchev–Trinajstić information content (AvgIpc) is 2.75. The summed E-state index contributed by atoms with van der Waals surface area (Å²) in [5.74, 6) is -0.442. The fourth-order valence-electron chi connectivity index (χ4n) is 1.60. The molecule has 1 aromatic heterocycles. The van der Waals surface area contributed by atoms with Crippen molar-refractivity contribution in [3.8, 4) is 0 Å². The van der Waals surface area contributed by atoms with Gasteiger partial charge in [-0.25, -0.2) is 4.57 Å². The predicted molar refractivity (Wildman–Crippen MR) is 73.6 cm³/mol. The third kappa shape index (κ3) is 6.29. The molecule has 0 saturated carbocycles. The Labute approximate surface area is 130 Å². The quantitative estimate of drug-likeness (QED) is 0.321. The van der Waals surface area contributed by atoms with Crippen LogP contribution in [0.15, 0.2) is 24.5 Å². The first-order valence-corrected chi connectivity index (χ1v) is 7.75. The van der Waals surface area contributed by atoms with E-state index in [1.165, 1.54) is 6.20 Å². The fourth-order valence-corrected chi connectivity index (χ4v) is 2.04. The number of primary amides is 1. The number of pyridine rings is 1. The molecule has 1 aromatic rings. The summed E-state index contributed by atoms with van der Waals surface area (Å²) >= 11 is 0. The number of aliphatic hydroxyl groups is 3. The van der Waals surface area contributed by atoms with Crippen LogP contribution in [0, 0.1) is 0 Å². The molecule has 0 bridgehead atoms. The van der Waals surface area contributed by atoms with Crippen molar-refractivity contribution in [3.63, 3.8) is 0 Å². The lowest BCUT2D eigenvalue weighted by Gasteiger charge is -2.15. The zero-order valence-corrected chi connectivity index (χ0v) is 12.6. The van der Waals surface area contributed by atoms with Gasteiger partial charge < -0.3 is 35.6 Å². The Morgan fingerprint density at radius 2 is 2.04 bits per heavy atom. The van der Waals surface area contributed by atoms with Crippen LogP contribution in [-0.4, -0.2) is 67.2 Å². The molecule has 0 aliphatic carbocycles. The van der Waals surface area contributed by atoms with Crippen molar-refractivity contribution in [3.05, 3.63) is 30.1 Å². The van der Waals surface area contributed by atoms with Crippen LogP contribution >= 0.6 is 7.82 Å². The molecular formula is C11H17N2O9P. The standard InChI is InChI=1S/C6H6N2O.C5H11O8P/c7-6(9)5-2-1-3-8-4-5;6-1-2-3(7)4(8)5(12-2)13-14(9,10)11/h1-4H,(H2,7,9);2-8H,1H2,(H2,9,10,11)/t;2-,3-,4-,5?/m.1/s1. The summed E-state index contributed by atoms with van der Waals surface area (Å²) in [6.07, 6.45) is -2.75. The van der Waals surface area contributed by atoms with Gasteiger partial charge in [0.2, 0.25) is 5.91 Å². The summed E-state index contributed by atoms with van der Waals surface area (Å²) in [5.41, 5.74) is 5.38. The molecule has 12 heteroatoms. The first-order valence-electron chi connectivity index (χ1n) is 6.22. The minimum absolute atomic E-state index is 0.442. The molecule has 0 spiro atoms. The Morgan fingerprint density at radius 3 is 2.39 bits per heavy atom. The Morgan fingerprint density at radius 1 is 1.39 bits per heavy atom. The van der Waals surface area contributed by atoms with Gasteiger partial charge >= 0.3 is 7.82 Å². The molecule has 1 fully saturated rings. The summed E-state index contributed by atoms with van der Waals surface area (Å²) in [4.78, 5) is 30.9. The van der Waals surface area contributed by atoms with Crippen LogP contribution in [0.25, 0.3) is 0 Å². The number of amides is 1. The number of phosphoric ester groups is 1. The van der Waals surface area contributed by atoms with E-state index in [-0.39, 0.29) is 0 Å². The number of aliphatic hydroxyl groups excluding tert-OH is 3. The molecule has 2 heterocycles. The minimum Gasteiger partial charge on any atom is -0.394 e. The second kappa shape index (κ2) is 8.43. The molecule has 130 valence electrons. The Balaban J connectivity index is 0.000000253. The van der Waals surface area contributed by atoms with Gasteiger partial charge in [0.05, 0.1) is 12.2 Å². The van der Waals surface area contributed by atoms with Crippen LogP contribution in [0.1, 0.15) is 10.4 Å². The maximum atomic E-state index is 10.4. The van der Waals surface area contributed by atoms with E-state index in [0.717, 1.165) is 0 Å². The van der Waals surface area contributed by atoms with Crippen molar-refractivity contribution in [2.75, 3.05) is 6.61 Å². The summed E-state index contributed by atoms with van der Waals surface area (Å²) in [6, 6.07) is 3.29. The highest BCUT2D eigenvalue weighted by Crippen LogP contribution is 2.40. The lowest BCUT2D eigenvalue weighted by atomic mass is 10.1. The molecular weight excluding hydrogens is 335 g/mol. The lowest BCUT2D eigenvalue weighted by molar-refractivity contribution is -0.126. The number of hydrogen-bond acceptors (Lipinski definition) is 8. The third-order valence-corrected chi connectivity index (χ3v) is 3.17. The van der Waals surface area contributed by atoms with Crippen molar-refractivity contribution in [1.82, 2.24) is 4.98 Å². The van der Waals surface area contributed by atoms with Crippen molar-refractivity contribution in [1.29, 1.82) is 0 Å². The van der Waals surface area contributed by atoms with Gasteiger partial charge in [0.15, 0.2) is 6.29 Å². The molecule has 23 heavy (non-hydrogen) atoms. The maximum Gasteiger partial charge on any atom is 0.472 e. The van der Waals surface area contributed by atoms with Gasteiger partial charge in [-0.2, -0.15) is 0 Å². The molecule has 0 radical (unpaired) electrons. The van der Waals surface area contributed by atoms with Gasteiger partial charge in [0, 0.05) is 12.4 Å². The largest absolute Gasteiger partial charge is 0.472 e. The van der Waals surface area contributed by atoms with E-state index in [9.17, 15) is 9.36 Å². The molecule has 4 atom stereocenters. The van der Waals surface area contributed by atoms with Gasteiger partial charge in [-0.3, -0.25) is 14.3 Å². The molecule has 0 aromatic carbocycles. The fraction of sp³-hybridized carbons (Fsp3) is 0.455. The molecule has 7 N–H and O–H groups in total. The highest BCUT2D eigenvalue weighted by Gasteiger charge is 2.45. The number of phosphoric acid groups is 1. The van der Waals surface area contributed by atoms with Gasteiger partial charge in [0.1, 0.15) is 18.3 Å². The van der Waals surface area contributed by atoms with Crippen LogP contribution < -0.4 is 5.73 Å². The van der Waals surface area contributed by atoms with E-state index in [4.69, 9.17) is 30.8 Å². The topological polar surface area (TPSA) is 193 Å². The Kier molecular flexibility index (Phi) is 7.19. The average molecular weight is 352 g/mol. The predicted octanol–water partition coefficient (Wildman–Crippen LogP) is -2.28. The third-order valence-electron chi connectivity index (χ3n) is 2.69. The molecule has 1 aliphatic heterocycles. The second-order valence-electron chi connectivity index (χ2n) is 4.41. The number of hydrogen-bond donors (Lipinski definition) is 6. The van der Waals surface area contributed by atoms with E-state index in [0.29, 0.717) is 5.56 Å². The minimum atomic E-state index is -4.79. The number of carbonyl (C=O) groups is 1. The lowest BCUT2D eigenvalue weighted by Crippen LogP contribution is -2.34. The second-order valence-corrected chi connectivity index (χ2v) is 5.60. The van der Waals surface area contributed by atoms with Crippen molar-refractivity contribution in [2.45, 2.75) is 24.6 Å². The van der Waals surface area contributed by atoms with Crippen molar-refractivity contribution < 1.29 is 43.7 Å². The number of nitrogens with two attached hydrogens (primary N) is 1. The number of ether oxygens (including phenoxy) is 1. The highest BCUT2D eigenvalue weighted by molar-refractivity contribution is 7.46. The molecule has 2 rings (SSSR count). The summed E-state index contributed by atoms with van der Waals surface area (Å²) in [5, 5.41) is 26.9.